The summed E-state index contributed by atoms with van der Waals surface area (Å²) in [6, 6.07) is 0. The molecule has 2 N–H and O–H groups in total. The summed E-state index contributed by atoms with van der Waals surface area (Å²) < 4.78 is 5.37. The van der Waals surface area contributed by atoms with Crippen LogP contribution in [0.25, 0.3) is 0 Å². The van der Waals surface area contributed by atoms with E-state index >= 15 is 0 Å². The molecule has 2 rings (SSSR count). The zero-order valence-electron chi connectivity index (χ0n) is 9.67. The molecule has 0 unspecified atom stereocenters. The molecule has 86 valence electrons. The fourth-order valence-electron chi connectivity index (χ4n) is 2.51. The first kappa shape index (κ1) is 11.1. The van der Waals surface area contributed by atoms with Crippen molar-refractivity contribution in [1.29, 1.82) is 0 Å². The predicted octanol–water partition coefficient (Wildman–Crippen LogP) is 1.15. The average Bonchev–Trinajstić information content (AvgIpc) is 2.18. The van der Waals surface area contributed by atoms with Crippen LogP contribution in [0.3, 0.4) is 0 Å². The second-order valence-corrected chi connectivity index (χ2v) is 5.02. The van der Waals surface area contributed by atoms with E-state index in [-0.39, 0.29) is 5.54 Å². The van der Waals surface area contributed by atoms with Crippen LogP contribution in [0.2, 0.25) is 0 Å². The third-order valence-electron chi connectivity index (χ3n) is 3.44. The van der Waals surface area contributed by atoms with Gasteiger partial charge in [-0.3, -0.25) is 4.90 Å². The van der Waals surface area contributed by atoms with Crippen molar-refractivity contribution in [2.24, 2.45) is 5.73 Å². The van der Waals surface area contributed by atoms with Crippen LogP contribution >= 0.6 is 0 Å². The lowest BCUT2D eigenvalue weighted by Gasteiger charge is -2.39. The molecule has 0 radical (unpaired) electrons. The van der Waals surface area contributed by atoms with Crippen molar-refractivity contribution in [2.45, 2.75) is 31.7 Å². The summed E-state index contributed by atoms with van der Waals surface area (Å²) in [6.45, 7) is 7.16. The van der Waals surface area contributed by atoms with Gasteiger partial charge in [0.15, 0.2) is 0 Å². The minimum absolute atomic E-state index is 0.00410. The summed E-state index contributed by atoms with van der Waals surface area (Å²) in [5.41, 5.74) is 7.87. The fraction of sp³-hybridized carbons (Fsp3) is 0.833. The summed E-state index contributed by atoms with van der Waals surface area (Å²) in [6.07, 6.45) is 5.53. The van der Waals surface area contributed by atoms with Gasteiger partial charge >= 0.3 is 0 Å². The van der Waals surface area contributed by atoms with E-state index in [1.807, 2.05) is 0 Å². The number of hydrogen-bond donors (Lipinski definition) is 1. The van der Waals surface area contributed by atoms with Gasteiger partial charge in [-0.2, -0.15) is 0 Å². The van der Waals surface area contributed by atoms with Gasteiger partial charge in [0.05, 0.1) is 0 Å². The Morgan fingerprint density at radius 3 is 2.87 bits per heavy atom. The van der Waals surface area contributed by atoms with Crippen LogP contribution < -0.4 is 5.73 Å². The normalized spacial score (nSPS) is 27.5. The fourth-order valence-corrected chi connectivity index (χ4v) is 2.51. The molecule has 0 atom stereocenters. The van der Waals surface area contributed by atoms with Crippen LogP contribution in [0.5, 0.6) is 0 Å². The Hall–Kier alpha value is -0.380. The Kier molecular flexibility index (Phi) is 3.44. The molecule has 2 heterocycles. The highest BCUT2D eigenvalue weighted by Crippen LogP contribution is 2.21. The zero-order chi connectivity index (χ0) is 10.7. The van der Waals surface area contributed by atoms with Crippen LogP contribution in [-0.2, 0) is 4.74 Å². The lowest BCUT2D eigenvalue weighted by molar-refractivity contribution is 0.0386. The summed E-state index contributed by atoms with van der Waals surface area (Å²) in [5, 5.41) is 0. The molecule has 1 fully saturated rings. The molecule has 0 spiro atoms. The van der Waals surface area contributed by atoms with E-state index in [0.717, 1.165) is 45.7 Å². The van der Waals surface area contributed by atoms with Crippen LogP contribution in [0.4, 0.5) is 0 Å². The van der Waals surface area contributed by atoms with Crippen molar-refractivity contribution < 1.29 is 4.74 Å². The van der Waals surface area contributed by atoms with Crippen molar-refractivity contribution >= 4 is 0 Å². The molecule has 0 bridgehead atoms. The molecular weight excluding hydrogens is 188 g/mol. The molecule has 15 heavy (non-hydrogen) atoms. The van der Waals surface area contributed by atoms with Crippen LogP contribution in [-0.4, -0.2) is 43.3 Å². The molecule has 0 aromatic rings. The van der Waals surface area contributed by atoms with Crippen molar-refractivity contribution in [3.63, 3.8) is 0 Å². The first-order chi connectivity index (χ1) is 7.18. The molecule has 2 aliphatic rings. The van der Waals surface area contributed by atoms with Crippen LogP contribution in [0.15, 0.2) is 11.6 Å². The minimum atomic E-state index is -0.00410. The van der Waals surface area contributed by atoms with Gasteiger partial charge in [-0.1, -0.05) is 11.6 Å². The highest BCUT2D eigenvalue weighted by Gasteiger charge is 2.30. The van der Waals surface area contributed by atoms with Gasteiger partial charge in [0.1, 0.15) is 0 Å². The maximum atomic E-state index is 6.39. The molecule has 0 aromatic heterocycles. The standard InChI is InChI=1S/C12H22N2O/c1-11-3-2-6-14(9-11)10-12(13)4-7-15-8-5-12/h3H,2,4-10,13H2,1H3. The Morgan fingerprint density at radius 1 is 1.47 bits per heavy atom. The summed E-state index contributed by atoms with van der Waals surface area (Å²) in [7, 11) is 0. The molecule has 3 heteroatoms. The van der Waals surface area contributed by atoms with Gasteiger partial charge in [0, 0.05) is 38.4 Å². The summed E-state index contributed by atoms with van der Waals surface area (Å²) in [4.78, 5) is 2.49. The van der Waals surface area contributed by atoms with Gasteiger partial charge in [-0.05, 0) is 26.2 Å². The van der Waals surface area contributed by atoms with Crippen molar-refractivity contribution in [2.75, 3.05) is 32.8 Å². The predicted molar refractivity (Wildman–Crippen MR) is 61.8 cm³/mol. The number of hydrogen-bond acceptors (Lipinski definition) is 3. The molecule has 0 aliphatic carbocycles. The van der Waals surface area contributed by atoms with E-state index in [2.05, 4.69) is 17.9 Å². The van der Waals surface area contributed by atoms with Crippen molar-refractivity contribution in [1.82, 2.24) is 4.90 Å². The highest BCUT2D eigenvalue weighted by molar-refractivity contribution is 5.05. The maximum absolute atomic E-state index is 6.39. The third-order valence-corrected chi connectivity index (χ3v) is 3.44. The third kappa shape index (κ3) is 3.03. The molecule has 3 nitrogen and oxygen atoms in total. The van der Waals surface area contributed by atoms with E-state index in [1.165, 1.54) is 12.0 Å². The van der Waals surface area contributed by atoms with Gasteiger partial charge in [-0.25, -0.2) is 0 Å². The molecule has 0 amide bonds. The first-order valence-electron chi connectivity index (χ1n) is 5.93. The Bertz CT molecular complexity index is 244. The van der Waals surface area contributed by atoms with E-state index in [9.17, 15) is 0 Å². The monoisotopic (exact) mass is 210 g/mol. The zero-order valence-corrected chi connectivity index (χ0v) is 9.67. The van der Waals surface area contributed by atoms with Crippen LogP contribution in [0, 0.1) is 0 Å². The molecule has 1 saturated heterocycles. The second kappa shape index (κ2) is 4.64. The smallest absolute Gasteiger partial charge is 0.0484 e. The Balaban J connectivity index is 1.87. The lowest BCUT2D eigenvalue weighted by atomic mass is 9.90. The highest BCUT2D eigenvalue weighted by atomic mass is 16.5. The van der Waals surface area contributed by atoms with Gasteiger partial charge in [0.25, 0.3) is 0 Å². The van der Waals surface area contributed by atoms with E-state index in [0.29, 0.717) is 0 Å². The SMILES string of the molecule is CC1=CCCN(CC2(N)CCOCC2)C1. The number of nitrogens with two attached hydrogens (primary N) is 1. The lowest BCUT2D eigenvalue weighted by Crippen LogP contribution is -2.54. The number of nitrogens with zero attached hydrogens (tertiary/aromatic N) is 1. The summed E-state index contributed by atoms with van der Waals surface area (Å²) in [5.74, 6) is 0. The van der Waals surface area contributed by atoms with Gasteiger partial charge in [-0.15, -0.1) is 0 Å². The maximum Gasteiger partial charge on any atom is 0.0484 e. The van der Waals surface area contributed by atoms with E-state index < -0.39 is 0 Å². The molecular formula is C12H22N2O. The van der Waals surface area contributed by atoms with Gasteiger partial charge < -0.3 is 10.5 Å². The largest absolute Gasteiger partial charge is 0.381 e. The van der Waals surface area contributed by atoms with Gasteiger partial charge in [0.2, 0.25) is 0 Å². The molecule has 0 saturated carbocycles. The molecule has 2 aliphatic heterocycles. The van der Waals surface area contributed by atoms with E-state index in [1.54, 1.807) is 0 Å². The van der Waals surface area contributed by atoms with Crippen molar-refractivity contribution in [3.8, 4) is 0 Å². The number of ether oxygens (including phenoxy) is 1. The average molecular weight is 210 g/mol. The Morgan fingerprint density at radius 2 is 2.20 bits per heavy atom. The van der Waals surface area contributed by atoms with E-state index in [4.69, 9.17) is 10.5 Å². The summed E-state index contributed by atoms with van der Waals surface area (Å²) >= 11 is 0. The quantitative estimate of drug-likeness (QED) is 0.695. The first-order valence-corrected chi connectivity index (χ1v) is 5.93. The molecule has 0 aromatic carbocycles. The Labute approximate surface area is 92.3 Å². The number of rotatable bonds is 2. The minimum Gasteiger partial charge on any atom is -0.381 e. The second-order valence-electron chi connectivity index (χ2n) is 5.02. The topological polar surface area (TPSA) is 38.5 Å². The van der Waals surface area contributed by atoms with Crippen LogP contribution in [0.1, 0.15) is 26.2 Å². The van der Waals surface area contributed by atoms with Crippen molar-refractivity contribution in [3.05, 3.63) is 11.6 Å².